The molecular formula is C18H24FN3O3. The Labute approximate surface area is 146 Å². The maximum absolute atomic E-state index is 13.3. The van der Waals surface area contributed by atoms with Crippen LogP contribution in [0.25, 0.3) is 11.4 Å². The van der Waals surface area contributed by atoms with Crippen LogP contribution in [-0.4, -0.2) is 33.3 Å². The monoisotopic (exact) mass is 349 g/mol. The van der Waals surface area contributed by atoms with Crippen molar-refractivity contribution < 1.29 is 18.8 Å². The first-order valence-corrected chi connectivity index (χ1v) is 8.38. The molecule has 7 heteroatoms. The highest BCUT2D eigenvalue weighted by Gasteiger charge is 2.23. The molecule has 1 unspecified atom stereocenters. The maximum Gasteiger partial charge on any atom is 0.227 e. The van der Waals surface area contributed by atoms with Crippen LogP contribution in [0.4, 0.5) is 4.39 Å². The number of aliphatic hydroxyl groups excluding tert-OH is 1. The summed E-state index contributed by atoms with van der Waals surface area (Å²) in [5.74, 6) is 0.311. The van der Waals surface area contributed by atoms with Gasteiger partial charge in [0.1, 0.15) is 5.82 Å². The highest BCUT2D eigenvalue weighted by atomic mass is 19.1. The van der Waals surface area contributed by atoms with Crippen molar-refractivity contribution in [2.24, 2.45) is 0 Å². The molecule has 1 atom stereocenters. The zero-order valence-corrected chi connectivity index (χ0v) is 14.8. The first-order chi connectivity index (χ1) is 11.9. The fourth-order valence-electron chi connectivity index (χ4n) is 2.45. The van der Waals surface area contributed by atoms with Gasteiger partial charge < -0.3 is 14.9 Å². The molecule has 25 heavy (non-hydrogen) atoms. The number of hydrogen-bond donors (Lipinski definition) is 2. The van der Waals surface area contributed by atoms with Crippen LogP contribution >= 0.6 is 0 Å². The van der Waals surface area contributed by atoms with E-state index in [-0.39, 0.29) is 24.8 Å². The minimum Gasteiger partial charge on any atom is -0.396 e. The lowest BCUT2D eigenvalue weighted by Gasteiger charge is -2.28. The lowest BCUT2D eigenvalue weighted by atomic mass is 9.94. The van der Waals surface area contributed by atoms with Gasteiger partial charge in [0, 0.05) is 30.6 Å². The molecule has 2 aromatic rings. The third-order valence-electron chi connectivity index (χ3n) is 4.34. The normalized spacial score (nSPS) is 13.5. The summed E-state index contributed by atoms with van der Waals surface area (Å²) in [6.45, 7) is 5.56. The van der Waals surface area contributed by atoms with Gasteiger partial charge in [-0.25, -0.2) is 4.39 Å². The number of carbonyl (C=O) groups excluding carboxylic acids is 1. The maximum atomic E-state index is 13.3. The van der Waals surface area contributed by atoms with E-state index in [1.807, 2.05) is 13.8 Å². The number of aliphatic hydroxyl groups is 1. The first kappa shape index (κ1) is 19.1. The van der Waals surface area contributed by atoms with Crippen molar-refractivity contribution in [3.63, 3.8) is 0 Å². The van der Waals surface area contributed by atoms with E-state index in [9.17, 15) is 9.18 Å². The van der Waals surface area contributed by atoms with Gasteiger partial charge in [-0.1, -0.05) is 12.1 Å². The molecule has 0 aliphatic heterocycles. The van der Waals surface area contributed by atoms with Gasteiger partial charge in [-0.2, -0.15) is 4.98 Å². The molecule has 0 saturated carbocycles. The van der Waals surface area contributed by atoms with Crippen molar-refractivity contribution in [3.8, 4) is 11.4 Å². The summed E-state index contributed by atoms with van der Waals surface area (Å²) in [5, 5.41) is 15.9. The molecule has 0 bridgehead atoms. The Morgan fingerprint density at radius 1 is 1.44 bits per heavy atom. The summed E-state index contributed by atoms with van der Waals surface area (Å²) in [4.78, 5) is 16.4. The van der Waals surface area contributed by atoms with Crippen molar-refractivity contribution in [1.29, 1.82) is 0 Å². The van der Waals surface area contributed by atoms with Gasteiger partial charge in [-0.15, -0.1) is 0 Å². The summed E-state index contributed by atoms with van der Waals surface area (Å²) < 4.78 is 18.5. The van der Waals surface area contributed by atoms with Crippen molar-refractivity contribution in [3.05, 3.63) is 35.5 Å². The van der Waals surface area contributed by atoms with E-state index >= 15 is 0 Å². The van der Waals surface area contributed by atoms with E-state index in [1.54, 1.807) is 19.1 Å². The molecule has 0 aliphatic carbocycles. The molecule has 1 aromatic heterocycles. The SMILES string of the molecule is CCC(C)(CCO)NC(=O)CCc1nc(-c2ccc(F)c(C)c2)no1. The van der Waals surface area contributed by atoms with Crippen LogP contribution in [0.5, 0.6) is 0 Å². The predicted octanol–water partition coefficient (Wildman–Crippen LogP) is 2.78. The van der Waals surface area contributed by atoms with Crippen molar-refractivity contribution in [2.75, 3.05) is 6.61 Å². The number of nitrogens with zero attached hydrogens (tertiary/aromatic N) is 2. The van der Waals surface area contributed by atoms with Gasteiger partial charge in [-0.3, -0.25) is 4.79 Å². The van der Waals surface area contributed by atoms with Crippen LogP contribution in [0.15, 0.2) is 22.7 Å². The molecule has 0 radical (unpaired) electrons. The van der Waals surface area contributed by atoms with Crippen LogP contribution in [0.1, 0.15) is 44.6 Å². The standard InChI is InChI=1S/C18H24FN3O3/c1-4-18(3,9-10-23)21-15(24)7-8-16-20-17(22-25-16)13-5-6-14(19)12(2)11-13/h5-6,11,23H,4,7-10H2,1-3H3,(H,21,24). The molecule has 0 spiro atoms. The van der Waals surface area contributed by atoms with Crippen LogP contribution in [0.2, 0.25) is 0 Å². The minimum absolute atomic E-state index is 0.0225. The summed E-state index contributed by atoms with van der Waals surface area (Å²) in [7, 11) is 0. The zero-order chi connectivity index (χ0) is 18.4. The van der Waals surface area contributed by atoms with Gasteiger partial charge in [-0.05, 0) is 50.5 Å². The molecular weight excluding hydrogens is 325 g/mol. The van der Waals surface area contributed by atoms with Crippen LogP contribution in [0.3, 0.4) is 0 Å². The van der Waals surface area contributed by atoms with E-state index in [0.717, 1.165) is 6.42 Å². The zero-order valence-electron chi connectivity index (χ0n) is 14.8. The summed E-state index contributed by atoms with van der Waals surface area (Å²) >= 11 is 0. The van der Waals surface area contributed by atoms with E-state index in [4.69, 9.17) is 9.63 Å². The highest BCUT2D eigenvalue weighted by molar-refractivity contribution is 5.76. The quantitative estimate of drug-likeness (QED) is 0.765. The van der Waals surface area contributed by atoms with Crippen molar-refractivity contribution >= 4 is 5.91 Å². The highest BCUT2D eigenvalue weighted by Crippen LogP contribution is 2.19. The minimum atomic E-state index is -0.419. The molecule has 0 fully saturated rings. The smallest absolute Gasteiger partial charge is 0.227 e. The number of hydrogen-bond acceptors (Lipinski definition) is 5. The number of amides is 1. The Bertz CT molecular complexity index is 732. The Hall–Kier alpha value is -2.28. The second kappa shape index (κ2) is 8.20. The van der Waals surface area contributed by atoms with E-state index in [1.165, 1.54) is 6.07 Å². The van der Waals surface area contributed by atoms with Crippen molar-refractivity contribution in [1.82, 2.24) is 15.5 Å². The summed E-state index contributed by atoms with van der Waals surface area (Å²) in [6.07, 6.45) is 1.76. The van der Waals surface area contributed by atoms with Crippen LogP contribution in [-0.2, 0) is 11.2 Å². The molecule has 2 N–H and O–H groups in total. The Balaban J connectivity index is 1.95. The van der Waals surface area contributed by atoms with Crippen LogP contribution < -0.4 is 5.32 Å². The predicted molar refractivity (Wildman–Crippen MR) is 91.3 cm³/mol. The molecule has 136 valence electrons. The number of halogens is 1. The molecule has 1 heterocycles. The largest absolute Gasteiger partial charge is 0.396 e. The number of benzene rings is 1. The summed E-state index contributed by atoms with van der Waals surface area (Å²) in [5.41, 5.74) is 0.753. The number of aryl methyl sites for hydroxylation is 2. The van der Waals surface area contributed by atoms with Crippen LogP contribution in [0, 0.1) is 12.7 Å². The molecule has 1 amide bonds. The average Bonchev–Trinajstić information content (AvgIpc) is 3.04. The Kier molecular flexibility index (Phi) is 6.25. The Morgan fingerprint density at radius 2 is 2.20 bits per heavy atom. The molecule has 6 nitrogen and oxygen atoms in total. The van der Waals surface area contributed by atoms with Gasteiger partial charge in [0.05, 0.1) is 0 Å². The second-order valence-corrected chi connectivity index (χ2v) is 6.41. The van der Waals surface area contributed by atoms with Gasteiger partial charge >= 0.3 is 0 Å². The number of nitrogens with one attached hydrogen (secondary N) is 1. The number of aromatic nitrogens is 2. The average molecular weight is 349 g/mol. The van der Waals surface area contributed by atoms with E-state index in [2.05, 4.69) is 15.5 Å². The van der Waals surface area contributed by atoms with E-state index in [0.29, 0.717) is 35.7 Å². The topological polar surface area (TPSA) is 88.2 Å². The second-order valence-electron chi connectivity index (χ2n) is 6.41. The van der Waals surface area contributed by atoms with Gasteiger partial charge in [0.15, 0.2) is 0 Å². The molecule has 2 rings (SSSR count). The van der Waals surface area contributed by atoms with Gasteiger partial charge in [0.25, 0.3) is 0 Å². The lowest BCUT2D eigenvalue weighted by molar-refractivity contribution is -0.123. The first-order valence-electron chi connectivity index (χ1n) is 8.38. The number of carbonyl (C=O) groups is 1. The molecule has 0 aliphatic rings. The molecule has 0 saturated heterocycles. The van der Waals surface area contributed by atoms with E-state index < -0.39 is 5.54 Å². The lowest BCUT2D eigenvalue weighted by Crippen LogP contribution is -2.46. The van der Waals surface area contributed by atoms with Gasteiger partial charge in [0.2, 0.25) is 17.6 Å². The fourth-order valence-corrected chi connectivity index (χ4v) is 2.45. The fraction of sp³-hybridized carbons (Fsp3) is 0.500. The Morgan fingerprint density at radius 3 is 2.84 bits per heavy atom. The molecule has 1 aromatic carbocycles. The summed E-state index contributed by atoms with van der Waals surface area (Å²) in [6, 6.07) is 4.60. The third-order valence-corrected chi connectivity index (χ3v) is 4.34. The third kappa shape index (κ3) is 5.09. The van der Waals surface area contributed by atoms with Crippen molar-refractivity contribution in [2.45, 2.75) is 52.0 Å². The number of rotatable bonds is 8.